The number of rotatable bonds is 3. The van der Waals surface area contributed by atoms with Crippen LogP contribution in [0, 0.1) is 6.92 Å². The maximum atomic E-state index is 12.4. The van der Waals surface area contributed by atoms with Crippen LogP contribution in [0.1, 0.15) is 29.7 Å². The van der Waals surface area contributed by atoms with E-state index in [1.165, 1.54) is 6.92 Å². The summed E-state index contributed by atoms with van der Waals surface area (Å²) >= 11 is 0. The average Bonchev–Trinajstić information content (AvgIpc) is 2.27. The van der Waals surface area contributed by atoms with Crippen molar-refractivity contribution < 1.29 is 27.8 Å². The summed E-state index contributed by atoms with van der Waals surface area (Å²) in [6, 6.07) is 2.79. The molecule has 0 aliphatic heterocycles. The lowest BCUT2D eigenvalue weighted by molar-refractivity contribution is -0.153. The van der Waals surface area contributed by atoms with Crippen molar-refractivity contribution in [2.45, 2.75) is 26.1 Å². The number of aliphatic hydroxyl groups is 1. The molecule has 0 radical (unpaired) electrons. The fourth-order valence-corrected chi connectivity index (χ4v) is 1.51. The Morgan fingerprint density at radius 3 is 2.50 bits per heavy atom. The number of carbonyl (C=O) groups excluding carboxylic acids is 1. The van der Waals surface area contributed by atoms with Crippen molar-refractivity contribution in [1.29, 1.82) is 0 Å². The minimum Gasteiger partial charge on any atom is -0.464 e. The molecule has 3 nitrogen and oxygen atoms in total. The van der Waals surface area contributed by atoms with E-state index in [1.54, 1.807) is 6.92 Å². The van der Waals surface area contributed by atoms with Crippen LogP contribution < -0.4 is 0 Å². The van der Waals surface area contributed by atoms with E-state index in [0.717, 1.165) is 18.2 Å². The fourth-order valence-electron chi connectivity index (χ4n) is 1.51. The molecule has 18 heavy (non-hydrogen) atoms. The van der Waals surface area contributed by atoms with E-state index in [0.29, 0.717) is 0 Å². The Morgan fingerprint density at radius 1 is 1.44 bits per heavy atom. The van der Waals surface area contributed by atoms with Gasteiger partial charge in [0.05, 0.1) is 12.2 Å². The van der Waals surface area contributed by atoms with Gasteiger partial charge in [0.2, 0.25) is 0 Å². The first kappa shape index (κ1) is 14.5. The summed E-state index contributed by atoms with van der Waals surface area (Å²) in [5, 5.41) is 9.64. The lowest BCUT2D eigenvalue weighted by atomic mass is 10.0. The third-order valence-electron chi connectivity index (χ3n) is 2.40. The van der Waals surface area contributed by atoms with E-state index >= 15 is 0 Å². The van der Waals surface area contributed by atoms with Gasteiger partial charge in [-0.05, 0) is 37.1 Å². The van der Waals surface area contributed by atoms with Crippen LogP contribution in [0.25, 0.3) is 0 Å². The van der Waals surface area contributed by atoms with Gasteiger partial charge in [-0.2, -0.15) is 13.2 Å². The highest BCUT2D eigenvalue weighted by Crippen LogP contribution is 2.31. The lowest BCUT2D eigenvalue weighted by Gasteiger charge is -2.14. The Bertz CT molecular complexity index is 441. The summed E-state index contributed by atoms with van der Waals surface area (Å²) in [7, 11) is 0. The Balaban J connectivity index is 3.02. The van der Waals surface area contributed by atoms with Crippen LogP contribution in [0.4, 0.5) is 13.2 Å². The standard InChI is InChI=1S/C12H13F3O3/c1-3-18-11(17)10(16)9-5-4-8(6-7(9)2)12(13,14)15/h4-6,10,16H,3H2,1-2H3. The quantitative estimate of drug-likeness (QED) is 0.852. The van der Waals surface area contributed by atoms with Gasteiger partial charge in [-0.15, -0.1) is 0 Å². The Hall–Kier alpha value is -1.56. The third-order valence-corrected chi connectivity index (χ3v) is 2.40. The van der Waals surface area contributed by atoms with E-state index in [1.807, 2.05) is 0 Å². The van der Waals surface area contributed by atoms with Crippen LogP contribution >= 0.6 is 0 Å². The van der Waals surface area contributed by atoms with Gasteiger partial charge in [0, 0.05) is 0 Å². The van der Waals surface area contributed by atoms with Crippen molar-refractivity contribution >= 4 is 5.97 Å². The van der Waals surface area contributed by atoms with Gasteiger partial charge in [0.1, 0.15) is 0 Å². The number of alkyl halides is 3. The second-order valence-corrected chi connectivity index (χ2v) is 3.72. The summed E-state index contributed by atoms with van der Waals surface area (Å²) in [6.07, 6.45) is -6.01. The zero-order chi connectivity index (χ0) is 13.9. The minimum atomic E-state index is -4.45. The van der Waals surface area contributed by atoms with E-state index in [4.69, 9.17) is 0 Å². The van der Waals surface area contributed by atoms with Crippen LogP contribution in [0.5, 0.6) is 0 Å². The maximum Gasteiger partial charge on any atom is 0.416 e. The number of benzene rings is 1. The predicted octanol–water partition coefficient (Wildman–Crippen LogP) is 2.61. The molecule has 1 aromatic carbocycles. The molecule has 1 N–H and O–H groups in total. The van der Waals surface area contributed by atoms with Crippen LogP contribution in [0.3, 0.4) is 0 Å². The van der Waals surface area contributed by atoms with Crippen LogP contribution in [-0.4, -0.2) is 17.7 Å². The van der Waals surface area contributed by atoms with Gasteiger partial charge < -0.3 is 9.84 Å². The van der Waals surface area contributed by atoms with E-state index in [2.05, 4.69) is 4.74 Å². The number of esters is 1. The molecular formula is C12H13F3O3. The molecule has 1 atom stereocenters. The SMILES string of the molecule is CCOC(=O)C(O)c1ccc(C(F)(F)F)cc1C. The molecule has 0 aromatic heterocycles. The summed E-state index contributed by atoms with van der Waals surface area (Å²) in [4.78, 5) is 11.3. The fraction of sp³-hybridized carbons (Fsp3) is 0.417. The number of hydrogen-bond acceptors (Lipinski definition) is 3. The molecule has 0 amide bonds. The first-order chi connectivity index (χ1) is 8.27. The molecule has 0 aliphatic carbocycles. The normalized spacial score (nSPS) is 13.2. The molecule has 0 heterocycles. The first-order valence-electron chi connectivity index (χ1n) is 5.29. The molecule has 0 spiro atoms. The van der Waals surface area contributed by atoms with Crippen molar-refractivity contribution in [2.75, 3.05) is 6.61 Å². The highest BCUT2D eigenvalue weighted by atomic mass is 19.4. The number of halogens is 3. The molecule has 1 aromatic rings. The van der Waals surface area contributed by atoms with Crippen molar-refractivity contribution in [2.24, 2.45) is 0 Å². The topological polar surface area (TPSA) is 46.5 Å². The Labute approximate surface area is 102 Å². The summed E-state index contributed by atoms with van der Waals surface area (Å²) in [6.45, 7) is 3.06. The van der Waals surface area contributed by atoms with Gasteiger partial charge in [0.25, 0.3) is 0 Å². The zero-order valence-electron chi connectivity index (χ0n) is 9.91. The summed E-state index contributed by atoms with van der Waals surface area (Å²) in [5.41, 5.74) is -0.522. The smallest absolute Gasteiger partial charge is 0.416 e. The number of aryl methyl sites for hydroxylation is 1. The Morgan fingerprint density at radius 2 is 2.06 bits per heavy atom. The molecule has 0 saturated carbocycles. The lowest BCUT2D eigenvalue weighted by Crippen LogP contribution is -2.17. The highest BCUT2D eigenvalue weighted by molar-refractivity contribution is 5.76. The number of ether oxygens (including phenoxy) is 1. The molecule has 0 aliphatic rings. The number of hydrogen-bond donors (Lipinski definition) is 1. The monoisotopic (exact) mass is 262 g/mol. The van der Waals surface area contributed by atoms with Gasteiger partial charge in [0.15, 0.2) is 6.10 Å². The highest BCUT2D eigenvalue weighted by Gasteiger charge is 2.31. The van der Waals surface area contributed by atoms with Crippen LogP contribution in [-0.2, 0) is 15.7 Å². The average molecular weight is 262 g/mol. The molecule has 0 bridgehead atoms. The summed E-state index contributed by atoms with van der Waals surface area (Å²) in [5.74, 6) is -0.875. The van der Waals surface area contributed by atoms with E-state index in [9.17, 15) is 23.1 Å². The van der Waals surface area contributed by atoms with Gasteiger partial charge in [-0.1, -0.05) is 6.07 Å². The zero-order valence-corrected chi connectivity index (χ0v) is 9.91. The van der Waals surface area contributed by atoms with Crippen LogP contribution in [0.15, 0.2) is 18.2 Å². The van der Waals surface area contributed by atoms with Crippen molar-refractivity contribution in [3.8, 4) is 0 Å². The third kappa shape index (κ3) is 3.22. The molecule has 1 rings (SSSR count). The number of carbonyl (C=O) groups is 1. The molecule has 0 fully saturated rings. The predicted molar refractivity (Wildman–Crippen MR) is 57.8 cm³/mol. The van der Waals surface area contributed by atoms with E-state index < -0.39 is 23.8 Å². The van der Waals surface area contributed by atoms with Crippen LogP contribution in [0.2, 0.25) is 0 Å². The number of aliphatic hydroxyl groups excluding tert-OH is 1. The van der Waals surface area contributed by atoms with E-state index in [-0.39, 0.29) is 17.7 Å². The largest absolute Gasteiger partial charge is 0.464 e. The molecule has 0 saturated heterocycles. The molecule has 100 valence electrons. The van der Waals surface area contributed by atoms with Crippen molar-refractivity contribution in [1.82, 2.24) is 0 Å². The molecular weight excluding hydrogens is 249 g/mol. The van der Waals surface area contributed by atoms with Gasteiger partial charge in [-0.3, -0.25) is 0 Å². The first-order valence-corrected chi connectivity index (χ1v) is 5.29. The van der Waals surface area contributed by atoms with Crippen molar-refractivity contribution in [3.63, 3.8) is 0 Å². The van der Waals surface area contributed by atoms with Crippen molar-refractivity contribution in [3.05, 3.63) is 34.9 Å². The molecule has 1 unspecified atom stereocenters. The Kier molecular flexibility index (Phi) is 4.34. The van der Waals surface area contributed by atoms with Gasteiger partial charge in [-0.25, -0.2) is 4.79 Å². The second kappa shape index (κ2) is 5.39. The minimum absolute atomic E-state index is 0.0928. The molecule has 6 heteroatoms. The summed E-state index contributed by atoms with van der Waals surface area (Å²) < 4.78 is 41.9. The van der Waals surface area contributed by atoms with Gasteiger partial charge >= 0.3 is 12.1 Å². The maximum absolute atomic E-state index is 12.4. The second-order valence-electron chi connectivity index (χ2n) is 3.72.